The second-order valence-electron chi connectivity index (χ2n) is 6.34. The number of rotatable bonds is 3. The first-order valence-corrected chi connectivity index (χ1v) is 8.28. The van der Waals surface area contributed by atoms with Crippen molar-refractivity contribution in [2.24, 2.45) is 7.05 Å². The molecule has 1 fully saturated rings. The summed E-state index contributed by atoms with van der Waals surface area (Å²) < 4.78 is 1.53. The molecule has 8 nitrogen and oxygen atoms in total. The Morgan fingerprint density at radius 1 is 1.36 bits per heavy atom. The zero-order valence-electron chi connectivity index (χ0n) is 14.7. The fraction of sp³-hybridized carbons (Fsp3) is 0.471. The molecule has 3 rings (SSSR count). The van der Waals surface area contributed by atoms with Crippen LogP contribution in [0, 0.1) is 25.2 Å². The number of nitriles is 1. The van der Waals surface area contributed by atoms with Crippen molar-refractivity contribution >= 4 is 11.6 Å². The van der Waals surface area contributed by atoms with Crippen LogP contribution in [0.5, 0.6) is 0 Å². The first-order valence-electron chi connectivity index (χ1n) is 8.28. The molecule has 0 aromatic carbocycles. The maximum absolute atomic E-state index is 12.3. The van der Waals surface area contributed by atoms with Crippen LogP contribution in [-0.2, 0) is 7.05 Å². The third-order valence-corrected chi connectivity index (χ3v) is 4.63. The molecule has 0 spiro atoms. The normalized spacial score (nSPS) is 17.2. The molecule has 0 unspecified atom stereocenters. The maximum atomic E-state index is 12.3. The summed E-state index contributed by atoms with van der Waals surface area (Å²) in [5.74, 6) is 0.967. The molecule has 2 aromatic rings. The average Bonchev–Trinajstić information content (AvgIpc) is 2.61. The summed E-state index contributed by atoms with van der Waals surface area (Å²) in [6.07, 6.45) is 5.15. The van der Waals surface area contributed by atoms with E-state index in [0.29, 0.717) is 23.7 Å². The smallest absolute Gasteiger partial charge is 0.293 e. The molecule has 3 heterocycles. The summed E-state index contributed by atoms with van der Waals surface area (Å²) >= 11 is 0. The number of piperidine rings is 1. The van der Waals surface area contributed by atoms with Gasteiger partial charge in [-0.3, -0.25) is 4.79 Å². The number of hydrogen-bond acceptors (Lipinski definition) is 7. The molecule has 0 saturated carbocycles. The standard InChI is InChI=1S/C17H21N7O/c1-11-12(2)21-22-15(14(11)9-18)20-13-5-4-7-24(10-13)16-17(25)23(3)8-6-19-16/h6,8,13H,4-5,7,10H2,1-3H3,(H,20,22)/t13-/m0/s1. The second-order valence-corrected chi connectivity index (χ2v) is 6.34. The minimum Gasteiger partial charge on any atom is -0.363 e. The van der Waals surface area contributed by atoms with Crippen molar-refractivity contribution in [1.29, 1.82) is 5.26 Å². The van der Waals surface area contributed by atoms with E-state index in [4.69, 9.17) is 0 Å². The molecule has 8 heteroatoms. The fourth-order valence-electron chi connectivity index (χ4n) is 3.03. The van der Waals surface area contributed by atoms with Gasteiger partial charge in [0.05, 0.1) is 5.69 Å². The van der Waals surface area contributed by atoms with Crippen molar-refractivity contribution in [3.8, 4) is 6.07 Å². The summed E-state index contributed by atoms with van der Waals surface area (Å²) in [4.78, 5) is 18.5. The minimum absolute atomic E-state index is 0.0731. The number of aromatic nitrogens is 4. The van der Waals surface area contributed by atoms with Crippen LogP contribution in [0.1, 0.15) is 29.7 Å². The van der Waals surface area contributed by atoms with Gasteiger partial charge in [-0.05, 0) is 32.3 Å². The Morgan fingerprint density at radius 3 is 2.92 bits per heavy atom. The van der Waals surface area contributed by atoms with Gasteiger partial charge in [0, 0.05) is 38.6 Å². The van der Waals surface area contributed by atoms with Gasteiger partial charge in [0.2, 0.25) is 0 Å². The van der Waals surface area contributed by atoms with Crippen LogP contribution in [0.4, 0.5) is 11.6 Å². The SMILES string of the molecule is Cc1nnc(N[C@H]2CCCN(c3nccn(C)c3=O)C2)c(C#N)c1C. The number of anilines is 2. The summed E-state index contributed by atoms with van der Waals surface area (Å²) in [6, 6.07) is 2.28. The molecule has 130 valence electrons. The first-order chi connectivity index (χ1) is 12.0. The molecule has 0 bridgehead atoms. The molecule has 1 aliphatic heterocycles. The minimum atomic E-state index is -0.105. The highest BCUT2D eigenvalue weighted by molar-refractivity contribution is 5.56. The van der Waals surface area contributed by atoms with E-state index in [1.807, 2.05) is 18.7 Å². The molecular formula is C17H21N7O. The monoisotopic (exact) mass is 339 g/mol. The lowest BCUT2D eigenvalue weighted by Crippen LogP contribution is -2.45. The first kappa shape index (κ1) is 16.9. The van der Waals surface area contributed by atoms with Gasteiger partial charge in [-0.1, -0.05) is 0 Å². The van der Waals surface area contributed by atoms with Crippen molar-refractivity contribution < 1.29 is 0 Å². The number of nitrogens with zero attached hydrogens (tertiary/aromatic N) is 6. The highest BCUT2D eigenvalue weighted by Crippen LogP contribution is 2.21. The van der Waals surface area contributed by atoms with Crippen LogP contribution in [0.25, 0.3) is 0 Å². The topological polar surface area (TPSA) is 99.7 Å². The van der Waals surface area contributed by atoms with Crippen LogP contribution < -0.4 is 15.8 Å². The van der Waals surface area contributed by atoms with Gasteiger partial charge in [0.15, 0.2) is 11.6 Å². The van der Waals surface area contributed by atoms with Crippen LogP contribution in [0.15, 0.2) is 17.2 Å². The lowest BCUT2D eigenvalue weighted by atomic mass is 10.0. The summed E-state index contributed by atoms with van der Waals surface area (Å²) in [5, 5.41) is 21.0. The summed E-state index contributed by atoms with van der Waals surface area (Å²) in [6.45, 7) is 5.13. The lowest BCUT2D eigenvalue weighted by molar-refractivity contribution is 0.522. The predicted octanol–water partition coefficient (Wildman–Crippen LogP) is 1.14. The van der Waals surface area contributed by atoms with E-state index in [9.17, 15) is 10.1 Å². The third kappa shape index (κ3) is 3.31. The Hall–Kier alpha value is -2.95. The van der Waals surface area contributed by atoms with E-state index in [-0.39, 0.29) is 11.6 Å². The van der Waals surface area contributed by atoms with Gasteiger partial charge in [-0.2, -0.15) is 10.4 Å². The lowest BCUT2D eigenvalue weighted by Gasteiger charge is -2.33. The summed E-state index contributed by atoms with van der Waals surface area (Å²) in [5.41, 5.74) is 2.01. The van der Waals surface area contributed by atoms with Crippen LogP contribution in [0.2, 0.25) is 0 Å². The summed E-state index contributed by atoms with van der Waals surface area (Å²) in [7, 11) is 1.72. The Kier molecular flexibility index (Phi) is 4.65. The molecule has 0 amide bonds. The second kappa shape index (κ2) is 6.89. The van der Waals surface area contributed by atoms with E-state index < -0.39 is 0 Å². The molecule has 1 aliphatic rings. The highest BCUT2D eigenvalue weighted by Gasteiger charge is 2.24. The van der Waals surface area contributed by atoms with E-state index in [1.54, 1.807) is 19.4 Å². The quantitative estimate of drug-likeness (QED) is 0.895. The number of nitrogens with one attached hydrogen (secondary N) is 1. The van der Waals surface area contributed by atoms with E-state index in [0.717, 1.165) is 30.6 Å². The van der Waals surface area contributed by atoms with Crippen LogP contribution in [0.3, 0.4) is 0 Å². The van der Waals surface area contributed by atoms with Gasteiger partial charge in [-0.15, -0.1) is 5.10 Å². The van der Waals surface area contributed by atoms with Gasteiger partial charge in [0.25, 0.3) is 5.56 Å². The zero-order valence-corrected chi connectivity index (χ0v) is 14.7. The molecule has 0 radical (unpaired) electrons. The van der Waals surface area contributed by atoms with Crippen molar-refractivity contribution in [2.75, 3.05) is 23.3 Å². The van der Waals surface area contributed by atoms with Gasteiger partial charge < -0.3 is 14.8 Å². The van der Waals surface area contributed by atoms with E-state index in [2.05, 4.69) is 26.6 Å². The molecular weight excluding hydrogens is 318 g/mol. The largest absolute Gasteiger partial charge is 0.363 e. The third-order valence-electron chi connectivity index (χ3n) is 4.63. The maximum Gasteiger partial charge on any atom is 0.293 e. The van der Waals surface area contributed by atoms with Crippen molar-refractivity contribution in [2.45, 2.75) is 32.7 Å². The predicted molar refractivity (Wildman–Crippen MR) is 94.6 cm³/mol. The zero-order chi connectivity index (χ0) is 18.0. The van der Waals surface area contributed by atoms with E-state index in [1.165, 1.54) is 4.57 Å². The van der Waals surface area contributed by atoms with Gasteiger partial charge in [-0.25, -0.2) is 4.98 Å². The van der Waals surface area contributed by atoms with Crippen molar-refractivity contribution in [1.82, 2.24) is 19.7 Å². The van der Waals surface area contributed by atoms with Crippen molar-refractivity contribution in [3.05, 3.63) is 39.6 Å². The number of aryl methyl sites for hydroxylation is 2. The molecule has 1 saturated heterocycles. The highest BCUT2D eigenvalue weighted by atomic mass is 16.1. The average molecular weight is 339 g/mol. The van der Waals surface area contributed by atoms with Gasteiger partial charge in [0.1, 0.15) is 11.6 Å². The molecule has 0 aliphatic carbocycles. The Labute approximate surface area is 146 Å². The Balaban J connectivity index is 1.81. The Morgan fingerprint density at radius 2 is 2.16 bits per heavy atom. The van der Waals surface area contributed by atoms with Crippen LogP contribution >= 0.6 is 0 Å². The number of hydrogen-bond donors (Lipinski definition) is 1. The fourth-order valence-corrected chi connectivity index (χ4v) is 3.03. The molecule has 1 N–H and O–H groups in total. The molecule has 25 heavy (non-hydrogen) atoms. The molecule has 1 atom stereocenters. The van der Waals surface area contributed by atoms with Gasteiger partial charge >= 0.3 is 0 Å². The Bertz CT molecular complexity index is 884. The molecule has 2 aromatic heterocycles. The van der Waals surface area contributed by atoms with Crippen LogP contribution in [-0.4, -0.2) is 38.9 Å². The van der Waals surface area contributed by atoms with E-state index >= 15 is 0 Å². The van der Waals surface area contributed by atoms with Crippen molar-refractivity contribution in [3.63, 3.8) is 0 Å².